The highest BCUT2D eigenvalue weighted by Crippen LogP contribution is 2.15. The summed E-state index contributed by atoms with van der Waals surface area (Å²) in [5.74, 6) is 1.64. The van der Waals surface area contributed by atoms with E-state index in [0.29, 0.717) is 0 Å². The largest absolute Gasteiger partial charge is 0.356 e. The van der Waals surface area contributed by atoms with Crippen molar-refractivity contribution in [3.8, 4) is 0 Å². The number of aliphatic imine (C=N–C) groups is 1. The van der Waals surface area contributed by atoms with Gasteiger partial charge in [0.15, 0.2) is 5.96 Å². The van der Waals surface area contributed by atoms with Crippen LogP contribution in [0, 0.1) is 12.8 Å². The van der Waals surface area contributed by atoms with Crippen molar-refractivity contribution in [3.63, 3.8) is 0 Å². The number of nitrogens with zero attached hydrogens (tertiary/aromatic N) is 2. The van der Waals surface area contributed by atoms with Crippen molar-refractivity contribution in [3.05, 3.63) is 35.4 Å². The van der Waals surface area contributed by atoms with Gasteiger partial charge >= 0.3 is 0 Å². The first-order chi connectivity index (χ1) is 10.7. The summed E-state index contributed by atoms with van der Waals surface area (Å²) in [6.45, 7) is 9.89. The van der Waals surface area contributed by atoms with Crippen molar-refractivity contribution in [1.29, 1.82) is 0 Å². The second-order valence-electron chi connectivity index (χ2n) is 6.25. The zero-order chi connectivity index (χ0) is 15.8. The molecule has 1 aliphatic heterocycles. The first-order valence-corrected chi connectivity index (χ1v) is 8.43. The van der Waals surface area contributed by atoms with Crippen LogP contribution in [0.15, 0.2) is 29.3 Å². The molecule has 0 bridgehead atoms. The molecule has 0 radical (unpaired) electrons. The molecule has 2 rings (SSSR count). The van der Waals surface area contributed by atoms with Gasteiger partial charge in [-0.1, -0.05) is 36.8 Å². The van der Waals surface area contributed by atoms with Gasteiger partial charge in [-0.3, -0.25) is 4.99 Å². The lowest BCUT2D eigenvalue weighted by atomic mass is 10.1. The molecule has 22 heavy (non-hydrogen) atoms. The first kappa shape index (κ1) is 16.8. The predicted molar refractivity (Wildman–Crippen MR) is 94.2 cm³/mol. The highest BCUT2D eigenvalue weighted by Gasteiger charge is 2.21. The fraction of sp³-hybridized carbons (Fsp3) is 0.611. The number of guanidine groups is 1. The van der Waals surface area contributed by atoms with Gasteiger partial charge < -0.3 is 15.5 Å². The summed E-state index contributed by atoms with van der Waals surface area (Å²) in [5, 5.41) is 6.87. The van der Waals surface area contributed by atoms with Crippen LogP contribution in [0.3, 0.4) is 0 Å². The Labute approximate surface area is 135 Å². The van der Waals surface area contributed by atoms with Crippen LogP contribution >= 0.6 is 0 Å². The molecule has 122 valence electrons. The van der Waals surface area contributed by atoms with E-state index in [4.69, 9.17) is 0 Å². The Bertz CT molecular complexity index is 484. The molecule has 1 fully saturated rings. The number of hydrogen-bond donors (Lipinski definition) is 2. The fourth-order valence-electron chi connectivity index (χ4n) is 3.07. The number of likely N-dealkylation sites (tertiary alicyclic amines) is 1. The molecular formula is C18H30N4. The van der Waals surface area contributed by atoms with Crippen LogP contribution in [0.2, 0.25) is 0 Å². The third kappa shape index (κ3) is 5.34. The molecule has 1 saturated heterocycles. The third-order valence-electron chi connectivity index (χ3n) is 4.23. The van der Waals surface area contributed by atoms with E-state index >= 15 is 0 Å². The van der Waals surface area contributed by atoms with Gasteiger partial charge in [0.2, 0.25) is 0 Å². The highest BCUT2D eigenvalue weighted by molar-refractivity contribution is 5.79. The Hall–Kier alpha value is -1.55. The molecule has 1 heterocycles. The van der Waals surface area contributed by atoms with Crippen LogP contribution < -0.4 is 10.6 Å². The molecule has 0 saturated carbocycles. The van der Waals surface area contributed by atoms with E-state index in [0.717, 1.165) is 25.0 Å². The first-order valence-electron chi connectivity index (χ1n) is 8.43. The molecule has 1 aliphatic rings. The minimum absolute atomic E-state index is 0.740. The zero-order valence-electron chi connectivity index (χ0n) is 14.2. The van der Waals surface area contributed by atoms with Gasteiger partial charge in [-0.25, -0.2) is 0 Å². The van der Waals surface area contributed by atoms with E-state index in [1.165, 1.54) is 43.6 Å². The number of hydrogen-bond acceptors (Lipinski definition) is 2. The van der Waals surface area contributed by atoms with Crippen molar-refractivity contribution in [2.75, 3.05) is 33.2 Å². The molecule has 1 unspecified atom stereocenters. The van der Waals surface area contributed by atoms with Crippen LogP contribution in [0.25, 0.3) is 0 Å². The molecule has 2 N–H and O–H groups in total. The van der Waals surface area contributed by atoms with E-state index < -0.39 is 0 Å². The van der Waals surface area contributed by atoms with Crippen LogP contribution in [0.1, 0.15) is 30.9 Å². The van der Waals surface area contributed by atoms with Crippen LogP contribution in [0.4, 0.5) is 0 Å². The van der Waals surface area contributed by atoms with Crippen molar-refractivity contribution < 1.29 is 0 Å². The van der Waals surface area contributed by atoms with Crippen molar-refractivity contribution in [2.24, 2.45) is 10.9 Å². The molecule has 1 atom stereocenters. The predicted octanol–water partition coefficient (Wildman–Crippen LogP) is 2.39. The van der Waals surface area contributed by atoms with Crippen molar-refractivity contribution in [2.45, 2.75) is 33.2 Å². The summed E-state index contributed by atoms with van der Waals surface area (Å²) < 4.78 is 0. The summed E-state index contributed by atoms with van der Waals surface area (Å²) in [4.78, 5) is 6.89. The Morgan fingerprint density at radius 2 is 2.23 bits per heavy atom. The lowest BCUT2D eigenvalue weighted by molar-refractivity contribution is 0.324. The Morgan fingerprint density at radius 3 is 2.95 bits per heavy atom. The number of aryl methyl sites for hydroxylation is 1. The molecule has 0 aromatic heterocycles. The van der Waals surface area contributed by atoms with Gasteiger partial charge in [0, 0.05) is 26.7 Å². The molecule has 0 amide bonds. The molecule has 0 spiro atoms. The van der Waals surface area contributed by atoms with Gasteiger partial charge in [0.05, 0.1) is 0 Å². The Balaban J connectivity index is 1.72. The lowest BCUT2D eigenvalue weighted by Crippen LogP contribution is -2.40. The van der Waals surface area contributed by atoms with E-state index in [9.17, 15) is 0 Å². The lowest BCUT2D eigenvalue weighted by Gasteiger charge is -2.17. The fourth-order valence-corrected chi connectivity index (χ4v) is 3.07. The Morgan fingerprint density at radius 1 is 1.36 bits per heavy atom. The zero-order valence-corrected chi connectivity index (χ0v) is 14.2. The number of rotatable bonds is 6. The normalized spacial score (nSPS) is 19.4. The monoisotopic (exact) mass is 302 g/mol. The quantitative estimate of drug-likeness (QED) is 0.626. The second kappa shape index (κ2) is 8.79. The summed E-state index contributed by atoms with van der Waals surface area (Å²) in [6.07, 6.45) is 2.54. The van der Waals surface area contributed by atoms with Gasteiger partial charge in [0.1, 0.15) is 0 Å². The standard InChI is InChI=1S/C18H30N4/c1-4-9-22-10-8-17(14-22)13-21-18(19-3)20-12-16-7-5-6-15(2)11-16/h5-7,11,17H,4,8-10,12-14H2,1-3H3,(H2,19,20,21). The summed E-state index contributed by atoms with van der Waals surface area (Å²) in [7, 11) is 1.84. The van der Waals surface area contributed by atoms with E-state index in [-0.39, 0.29) is 0 Å². The smallest absolute Gasteiger partial charge is 0.191 e. The minimum Gasteiger partial charge on any atom is -0.356 e. The third-order valence-corrected chi connectivity index (χ3v) is 4.23. The number of nitrogens with one attached hydrogen (secondary N) is 2. The van der Waals surface area contributed by atoms with Crippen molar-refractivity contribution >= 4 is 5.96 Å². The van der Waals surface area contributed by atoms with Gasteiger partial charge in [-0.2, -0.15) is 0 Å². The van der Waals surface area contributed by atoms with Crippen LogP contribution in [-0.4, -0.2) is 44.1 Å². The molecular weight excluding hydrogens is 272 g/mol. The van der Waals surface area contributed by atoms with E-state index in [2.05, 4.69) is 58.6 Å². The molecule has 1 aromatic carbocycles. The summed E-state index contributed by atoms with van der Waals surface area (Å²) in [5.41, 5.74) is 2.59. The Kier molecular flexibility index (Phi) is 6.72. The van der Waals surface area contributed by atoms with Gasteiger partial charge in [-0.15, -0.1) is 0 Å². The van der Waals surface area contributed by atoms with Gasteiger partial charge in [-0.05, 0) is 44.3 Å². The van der Waals surface area contributed by atoms with Crippen LogP contribution in [-0.2, 0) is 6.54 Å². The van der Waals surface area contributed by atoms with Crippen molar-refractivity contribution in [1.82, 2.24) is 15.5 Å². The van der Waals surface area contributed by atoms with Crippen LogP contribution in [0.5, 0.6) is 0 Å². The van der Waals surface area contributed by atoms with E-state index in [1.54, 1.807) is 0 Å². The molecule has 4 heteroatoms. The summed E-state index contributed by atoms with van der Waals surface area (Å²) >= 11 is 0. The molecule has 4 nitrogen and oxygen atoms in total. The average molecular weight is 302 g/mol. The topological polar surface area (TPSA) is 39.7 Å². The molecule has 1 aromatic rings. The maximum atomic E-state index is 4.32. The maximum absolute atomic E-state index is 4.32. The highest BCUT2D eigenvalue weighted by atomic mass is 15.2. The summed E-state index contributed by atoms with van der Waals surface area (Å²) in [6, 6.07) is 8.58. The molecule has 0 aliphatic carbocycles. The second-order valence-corrected chi connectivity index (χ2v) is 6.25. The SMILES string of the molecule is CCCN1CCC(CNC(=NC)NCc2cccc(C)c2)C1. The average Bonchev–Trinajstić information content (AvgIpc) is 2.95. The number of benzene rings is 1. The van der Waals surface area contributed by atoms with Gasteiger partial charge in [0.25, 0.3) is 0 Å². The minimum atomic E-state index is 0.740. The van der Waals surface area contributed by atoms with E-state index in [1.807, 2.05) is 7.05 Å². The maximum Gasteiger partial charge on any atom is 0.191 e.